The lowest BCUT2D eigenvalue weighted by atomic mass is 10.1. The van der Waals surface area contributed by atoms with Crippen LogP contribution in [0.25, 0.3) is 16.8 Å². The van der Waals surface area contributed by atoms with Crippen LogP contribution < -0.4 is 0 Å². The number of rotatable bonds is 2. The smallest absolute Gasteiger partial charge is 0.420 e. The maximum absolute atomic E-state index is 13.3. The van der Waals surface area contributed by atoms with Gasteiger partial charge in [-0.1, -0.05) is 11.6 Å². The summed E-state index contributed by atoms with van der Waals surface area (Å²) in [5.41, 5.74) is -1.15. The Morgan fingerprint density at radius 2 is 1.96 bits per heavy atom. The Kier molecular flexibility index (Phi) is 3.65. The van der Waals surface area contributed by atoms with Crippen molar-refractivity contribution in [3.8, 4) is 11.1 Å². The molecule has 0 aliphatic carbocycles. The Morgan fingerprint density at radius 3 is 2.48 bits per heavy atom. The molecule has 0 saturated heterocycles. The first-order valence-corrected chi connectivity index (χ1v) is 6.98. The number of carbonyl (C=O) groups is 1. The number of nitrogens with zero attached hydrogens (tertiary/aromatic N) is 2. The van der Waals surface area contributed by atoms with E-state index in [1.165, 1.54) is 25.5 Å². The van der Waals surface area contributed by atoms with Crippen molar-refractivity contribution in [1.29, 1.82) is 0 Å². The van der Waals surface area contributed by atoms with E-state index in [9.17, 15) is 18.0 Å². The number of hydrogen-bond acceptors (Lipinski definition) is 3. The van der Waals surface area contributed by atoms with E-state index in [1.54, 1.807) is 0 Å². The number of carbonyl (C=O) groups excluding carboxylic acids is 1. The van der Waals surface area contributed by atoms with Gasteiger partial charge in [-0.15, -0.1) is 0 Å². The lowest BCUT2D eigenvalue weighted by molar-refractivity contribution is -0.136. The van der Waals surface area contributed by atoms with Gasteiger partial charge in [-0.05, 0) is 17.7 Å². The number of imidazole rings is 1. The molecule has 0 aliphatic rings. The van der Waals surface area contributed by atoms with Crippen LogP contribution in [0, 0.1) is 0 Å². The van der Waals surface area contributed by atoms with Crippen molar-refractivity contribution in [3.63, 3.8) is 0 Å². The van der Waals surface area contributed by atoms with Crippen LogP contribution in [0.3, 0.4) is 0 Å². The molecule has 3 rings (SSSR count). The predicted molar refractivity (Wildman–Crippen MR) is 77.9 cm³/mol. The first-order valence-electron chi connectivity index (χ1n) is 6.22. The Morgan fingerprint density at radius 1 is 1.26 bits per heavy atom. The molecule has 0 aromatic carbocycles. The highest BCUT2D eigenvalue weighted by atomic mass is 35.5. The largest absolute Gasteiger partial charge is 0.452 e. The molecule has 0 aliphatic heterocycles. The SMILES string of the molecule is CC(=O)c1nc2c(C(F)(F)F)cc(-c3coc(Cl)c3)cn2c1Cl. The molecule has 0 atom stereocenters. The van der Waals surface area contributed by atoms with Gasteiger partial charge >= 0.3 is 6.18 Å². The molecule has 4 nitrogen and oxygen atoms in total. The quantitative estimate of drug-likeness (QED) is 0.594. The summed E-state index contributed by atoms with van der Waals surface area (Å²) in [6.07, 6.45) is -2.11. The zero-order chi connectivity index (χ0) is 16.9. The second-order valence-electron chi connectivity index (χ2n) is 4.78. The summed E-state index contributed by atoms with van der Waals surface area (Å²) in [6, 6.07) is 2.28. The number of ketones is 1. The van der Waals surface area contributed by atoms with Crippen LogP contribution in [-0.4, -0.2) is 15.2 Å². The third-order valence-corrected chi connectivity index (χ3v) is 3.76. The van der Waals surface area contributed by atoms with E-state index >= 15 is 0 Å². The maximum Gasteiger partial charge on any atom is 0.420 e. The van der Waals surface area contributed by atoms with E-state index in [0.29, 0.717) is 5.56 Å². The summed E-state index contributed by atoms with van der Waals surface area (Å²) in [5, 5.41) is -0.149. The minimum Gasteiger partial charge on any atom is -0.452 e. The number of aromatic nitrogens is 2. The molecule has 0 spiro atoms. The Labute approximate surface area is 137 Å². The van der Waals surface area contributed by atoms with Crippen LogP contribution in [-0.2, 0) is 6.18 Å². The van der Waals surface area contributed by atoms with Gasteiger partial charge in [0, 0.05) is 30.3 Å². The van der Waals surface area contributed by atoms with Gasteiger partial charge in [-0.2, -0.15) is 13.2 Å². The second kappa shape index (κ2) is 5.28. The summed E-state index contributed by atoms with van der Waals surface area (Å²) in [4.78, 5) is 15.2. The van der Waals surface area contributed by atoms with E-state index < -0.39 is 23.2 Å². The van der Waals surface area contributed by atoms with Crippen LogP contribution >= 0.6 is 23.2 Å². The van der Waals surface area contributed by atoms with Crippen molar-refractivity contribution >= 4 is 34.6 Å². The standard InChI is InChI=1S/C14H7Cl2F3N2O2/c1-6(22)11-12(16)21-4-7(8-3-10(15)23-5-8)2-9(13(21)20-11)14(17,18)19/h2-5H,1H3. The molecule has 0 amide bonds. The van der Waals surface area contributed by atoms with E-state index in [-0.39, 0.29) is 21.6 Å². The number of Topliss-reactive ketones (excluding diaryl/α,β-unsaturated/α-hetero) is 1. The molecule has 0 N–H and O–H groups in total. The Balaban J connectivity index is 2.37. The van der Waals surface area contributed by atoms with Crippen LogP contribution in [0.5, 0.6) is 0 Å². The maximum atomic E-state index is 13.3. The molecule has 23 heavy (non-hydrogen) atoms. The summed E-state index contributed by atoms with van der Waals surface area (Å²) in [7, 11) is 0. The van der Waals surface area contributed by atoms with Crippen molar-refractivity contribution in [2.75, 3.05) is 0 Å². The summed E-state index contributed by atoms with van der Waals surface area (Å²) in [5.74, 6) is -0.528. The minimum atomic E-state index is -4.67. The Hall–Kier alpha value is -1.99. The first-order chi connectivity index (χ1) is 10.7. The number of hydrogen-bond donors (Lipinski definition) is 0. The molecule has 0 unspecified atom stereocenters. The van der Waals surface area contributed by atoms with Crippen LogP contribution in [0.4, 0.5) is 13.2 Å². The van der Waals surface area contributed by atoms with Crippen molar-refractivity contribution < 1.29 is 22.4 Å². The molecule has 0 radical (unpaired) electrons. The number of fused-ring (bicyclic) bond motifs is 1. The fourth-order valence-corrected chi connectivity index (χ4v) is 2.64. The highest BCUT2D eigenvalue weighted by Crippen LogP contribution is 2.37. The van der Waals surface area contributed by atoms with Gasteiger partial charge in [0.2, 0.25) is 0 Å². The van der Waals surface area contributed by atoms with Gasteiger partial charge in [-0.3, -0.25) is 9.20 Å². The third-order valence-electron chi connectivity index (χ3n) is 3.20. The van der Waals surface area contributed by atoms with E-state index in [1.807, 2.05) is 0 Å². The van der Waals surface area contributed by atoms with Crippen LogP contribution in [0.2, 0.25) is 10.4 Å². The van der Waals surface area contributed by atoms with Crippen molar-refractivity contribution in [1.82, 2.24) is 9.38 Å². The van der Waals surface area contributed by atoms with E-state index in [4.69, 9.17) is 27.6 Å². The van der Waals surface area contributed by atoms with Crippen molar-refractivity contribution in [3.05, 3.63) is 46.2 Å². The molecular formula is C14H7Cl2F3N2O2. The van der Waals surface area contributed by atoms with Gasteiger partial charge in [-0.25, -0.2) is 4.98 Å². The van der Waals surface area contributed by atoms with Crippen molar-refractivity contribution in [2.45, 2.75) is 13.1 Å². The molecule has 120 valence electrons. The molecule has 0 fully saturated rings. The average molecular weight is 363 g/mol. The molecule has 3 aromatic rings. The van der Waals surface area contributed by atoms with E-state index in [0.717, 1.165) is 10.5 Å². The topological polar surface area (TPSA) is 47.5 Å². The third kappa shape index (κ3) is 2.70. The summed E-state index contributed by atoms with van der Waals surface area (Å²) < 4.78 is 45.9. The Bertz CT molecular complexity index is 928. The molecule has 3 aromatic heterocycles. The van der Waals surface area contributed by atoms with Gasteiger partial charge in [0.15, 0.2) is 16.6 Å². The van der Waals surface area contributed by atoms with Crippen LogP contribution in [0.1, 0.15) is 23.0 Å². The van der Waals surface area contributed by atoms with Gasteiger partial charge < -0.3 is 4.42 Å². The molecular weight excluding hydrogens is 356 g/mol. The number of furan rings is 1. The van der Waals surface area contributed by atoms with Gasteiger partial charge in [0.05, 0.1) is 5.56 Å². The van der Waals surface area contributed by atoms with Crippen LogP contribution in [0.15, 0.2) is 29.0 Å². The zero-order valence-corrected chi connectivity index (χ0v) is 12.9. The van der Waals surface area contributed by atoms with Gasteiger partial charge in [0.25, 0.3) is 0 Å². The highest BCUT2D eigenvalue weighted by Gasteiger charge is 2.36. The molecule has 3 heterocycles. The van der Waals surface area contributed by atoms with Gasteiger partial charge in [0.1, 0.15) is 17.1 Å². The zero-order valence-electron chi connectivity index (χ0n) is 11.4. The average Bonchev–Trinajstić information content (AvgIpc) is 3.01. The number of pyridine rings is 1. The molecule has 9 heteroatoms. The monoisotopic (exact) mass is 362 g/mol. The lowest BCUT2D eigenvalue weighted by Crippen LogP contribution is -2.08. The number of alkyl halides is 3. The second-order valence-corrected chi connectivity index (χ2v) is 5.51. The lowest BCUT2D eigenvalue weighted by Gasteiger charge is -2.10. The fraction of sp³-hybridized carbons (Fsp3) is 0.143. The van der Waals surface area contributed by atoms with Crippen molar-refractivity contribution in [2.24, 2.45) is 0 Å². The summed E-state index contributed by atoms with van der Waals surface area (Å²) >= 11 is 11.7. The normalized spacial score (nSPS) is 12.1. The molecule has 0 bridgehead atoms. The minimum absolute atomic E-state index is 0.0369. The first kappa shape index (κ1) is 15.9. The summed E-state index contributed by atoms with van der Waals surface area (Å²) in [6.45, 7) is 1.18. The number of halogens is 5. The molecule has 0 saturated carbocycles. The van der Waals surface area contributed by atoms with E-state index in [2.05, 4.69) is 4.98 Å². The predicted octanol–water partition coefficient (Wildman–Crippen LogP) is 5.12. The highest BCUT2D eigenvalue weighted by molar-refractivity contribution is 6.33. The fourth-order valence-electron chi connectivity index (χ4n) is 2.17.